The zero-order valence-corrected chi connectivity index (χ0v) is 15.0. The maximum atomic E-state index is 13.0. The summed E-state index contributed by atoms with van der Waals surface area (Å²) in [7, 11) is 0. The molecule has 23 heavy (non-hydrogen) atoms. The summed E-state index contributed by atoms with van der Waals surface area (Å²) in [4.78, 5) is 18.6. The van der Waals surface area contributed by atoms with E-state index in [0.29, 0.717) is 23.4 Å². The third-order valence-electron chi connectivity index (χ3n) is 5.98. The van der Waals surface area contributed by atoms with Gasteiger partial charge in [0.2, 0.25) is 5.91 Å². The largest absolute Gasteiger partial charge is 0.390 e. The van der Waals surface area contributed by atoms with Crippen LogP contribution < -0.4 is 5.32 Å². The summed E-state index contributed by atoms with van der Waals surface area (Å²) >= 11 is 1.57. The van der Waals surface area contributed by atoms with Crippen LogP contribution in [-0.2, 0) is 10.2 Å². The van der Waals surface area contributed by atoms with Crippen molar-refractivity contribution in [2.75, 3.05) is 5.32 Å². The second kappa shape index (κ2) is 4.79. The first-order chi connectivity index (χ1) is 10.7. The monoisotopic (exact) mass is 334 g/mol. The van der Waals surface area contributed by atoms with Gasteiger partial charge in [0.05, 0.1) is 11.0 Å². The molecule has 1 amide bonds. The number of hydrogen-bond donors (Lipinski definition) is 2. The summed E-state index contributed by atoms with van der Waals surface area (Å²) < 4.78 is 0. The average Bonchev–Trinajstić information content (AvgIpc) is 2.84. The van der Waals surface area contributed by atoms with Gasteiger partial charge in [-0.3, -0.25) is 4.79 Å². The number of anilines is 1. The van der Waals surface area contributed by atoms with E-state index >= 15 is 0 Å². The summed E-state index contributed by atoms with van der Waals surface area (Å²) in [6, 6.07) is 0. The molecular weight excluding hydrogens is 308 g/mol. The molecule has 2 unspecified atom stereocenters. The molecule has 1 aromatic heterocycles. The fourth-order valence-electron chi connectivity index (χ4n) is 5.39. The maximum absolute atomic E-state index is 13.0. The second-order valence-corrected chi connectivity index (χ2v) is 10.2. The molecule has 0 spiro atoms. The lowest BCUT2D eigenvalue weighted by atomic mass is 9.47. The van der Waals surface area contributed by atoms with Gasteiger partial charge in [-0.1, -0.05) is 20.8 Å². The van der Waals surface area contributed by atoms with Gasteiger partial charge in [0.15, 0.2) is 5.13 Å². The zero-order valence-electron chi connectivity index (χ0n) is 14.2. The number of nitrogens with zero attached hydrogens (tertiary/aromatic N) is 1. The minimum atomic E-state index is -0.596. The smallest absolute Gasteiger partial charge is 0.232 e. The van der Waals surface area contributed by atoms with Crippen LogP contribution in [0, 0.1) is 17.3 Å². The average molecular weight is 334 g/mol. The molecule has 2 atom stereocenters. The molecule has 4 aliphatic rings. The van der Waals surface area contributed by atoms with Gasteiger partial charge in [-0.15, -0.1) is 11.3 Å². The van der Waals surface area contributed by atoms with Crippen molar-refractivity contribution in [2.24, 2.45) is 17.3 Å². The molecule has 2 N–H and O–H groups in total. The Kier molecular flexibility index (Phi) is 3.24. The van der Waals surface area contributed by atoms with Crippen LogP contribution in [0.25, 0.3) is 0 Å². The Morgan fingerprint density at radius 2 is 1.96 bits per heavy atom. The Balaban J connectivity index is 1.54. The topological polar surface area (TPSA) is 62.2 Å². The van der Waals surface area contributed by atoms with Gasteiger partial charge in [0, 0.05) is 11.1 Å². The first-order valence-electron chi connectivity index (χ1n) is 8.68. The second-order valence-electron chi connectivity index (χ2n) is 9.20. The number of aliphatic hydroxyl groups is 1. The molecule has 0 saturated heterocycles. The van der Waals surface area contributed by atoms with Crippen LogP contribution in [-0.4, -0.2) is 21.6 Å². The van der Waals surface area contributed by atoms with Crippen LogP contribution in [0.4, 0.5) is 5.13 Å². The summed E-state index contributed by atoms with van der Waals surface area (Å²) in [5, 5.41) is 14.6. The Bertz CT molecular complexity index is 632. The number of aromatic nitrogens is 1. The SMILES string of the molecule is CC(C)(C)c1cnc(NC(=O)C23CC4CC(CC(O)(C4)C2)C3)s1. The lowest BCUT2D eigenvalue weighted by Gasteiger charge is -2.59. The third kappa shape index (κ3) is 2.62. The number of hydrogen-bond acceptors (Lipinski definition) is 4. The van der Waals surface area contributed by atoms with Crippen molar-refractivity contribution in [1.29, 1.82) is 0 Å². The van der Waals surface area contributed by atoms with E-state index in [-0.39, 0.29) is 16.7 Å². The van der Waals surface area contributed by atoms with Gasteiger partial charge in [-0.05, 0) is 55.8 Å². The van der Waals surface area contributed by atoms with E-state index in [1.165, 1.54) is 11.3 Å². The number of carbonyl (C=O) groups is 1. The van der Waals surface area contributed by atoms with Crippen LogP contribution in [0.1, 0.15) is 64.2 Å². The fourth-order valence-corrected chi connectivity index (χ4v) is 6.26. The molecule has 0 aliphatic heterocycles. The highest BCUT2D eigenvalue weighted by Gasteiger charge is 2.60. The number of thiazole rings is 1. The molecule has 1 aromatic rings. The third-order valence-corrected chi connectivity index (χ3v) is 7.32. The van der Waals surface area contributed by atoms with Crippen LogP contribution in [0.3, 0.4) is 0 Å². The molecule has 5 rings (SSSR count). The molecule has 4 aliphatic carbocycles. The summed E-state index contributed by atoms with van der Waals surface area (Å²) in [5.41, 5.74) is -0.913. The number of rotatable bonds is 2. The number of amides is 1. The molecule has 4 nitrogen and oxygen atoms in total. The van der Waals surface area contributed by atoms with E-state index in [0.717, 1.165) is 25.7 Å². The Hall–Kier alpha value is -0.940. The van der Waals surface area contributed by atoms with E-state index in [9.17, 15) is 9.90 Å². The van der Waals surface area contributed by atoms with Crippen LogP contribution in [0.15, 0.2) is 6.20 Å². The molecule has 0 radical (unpaired) electrons. The minimum Gasteiger partial charge on any atom is -0.390 e. The normalized spacial score (nSPS) is 38.8. The van der Waals surface area contributed by atoms with E-state index in [1.807, 2.05) is 6.20 Å². The highest BCUT2D eigenvalue weighted by Crippen LogP contribution is 2.61. The predicted octanol–water partition coefficient (Wildman–Crippen LogP) is 3.71. The van der Waals surface area contributed by atoms with Gasteiger partial charge in [-0.25, -0.2) is 4.98 Å². The maximum Gasteiger partial charge on any atom is 0.232 e. The van der Waals surface area contributed by atoms with Gasteiger partial charge in [0.25, 0.3) is 0 Å². The highest BCUT2D eigenvalue weighted by molar-refractivity contribution is 7.15. The Morgan fingerprint density at radius 1 is 1.30 bits per heavy atom. The first-order valence-corrected chi connectivity index (χ1v) is 9.49. The molecule has 4 fully saturated rings. The van der Waals surface area contributed by atoms with E-state index < -0.39 is 5.60 Å². The van der Waals surface area contributed by atoms with Gasteiger partial charge < -0.3 is 10.4 Å². The molecule has 0 aromatic carbocycles. The molecule has 4 saturated carbocycles. The van der Waals surface area contributed by atoms with Crippen LogP contribution >= 0.6 is 11.3 Å². The molecule has 5 heteroatoms. The van der Waals surface area contributed by atoms with Gasteiger partial charge in [-0.2, -0.15) is 0 Å². The van der Waals surface area contributed by atoms with Crippen molar-refractivity contribution >= 4 is 22.4 Å². The van der Waals surface area contributed by atoms with Crippen molar-refractivity contribution in [3.05, 3.63) is 11.1 Å². The lowest BCUT2D eigenvalue weighted by Crippen LogP contribution is -2.59. The van der Waals surface area contributed by atoms with E-state index in [2.05, 4.69) is 31.1 Å². The van der Waals surface area contributed by atoms with Gasteiger partial charge in [0.1, 0.15) is 0 Å². The van der Waals surface area contributed by atoms with Crippen molar-refractivity contribution in [1.82, 2.24) is 4.98 Å². The zero-order chi connectivity index (χ0) is 16.5. The van der Waals surface area contributed by atoms with Crippen LogP contribution in [0.2, 0.25) is 0 Å². The summed E-state index contributed by atoms with van der Waals surface area (Å²) in [6.07, 6.45) is 7.37. The minimum absolute atomic E-state index is 0.0521. The van der Waals surface area contributed by atoms with Crippen molar-refractivity contribution in [3.8, 4) is 0 Å². The molecule has 1 heterocycles. The standard InChI is InChI=1S/C18H26N2O2S/c1-16(2,3)13-9-19-15(23-13)20-14(21)17-5-11-4-12(6-17)8-18(22,7-11)10-17/h9,11-12,22H,4-8,10H2,1-3H3,(H,19,20,21). The Labute approximate surface area is 141 Å². The quantitative estimate of drug-likeness (QED) is 0.866. The van der Waals surface area contributed by atoms with Crippen molar-refractivity contribution in [3.63, 3.8) is 0 Å². The fraction of sp³-hybridized carbons (Fsp3) is 0.778. The summed E-state index contributed by atoms with van der Waals surface area (Å²) in [5.74, 6) is 1.13. The first kappa shape index (κ1) is 15.6. The molecule has 4 bridgehead atoms. The highest BCUT2D eigenvalue weighted by atomic mass is 32.1. The molecule has 126 valence electrons. The van der Waals surface area contributed by atoms with E-state index in [1.54, 1.807) is 11.3 Å². The van der Waals surface area contributed by atoms with E-state index in [4.69, 9.17) is 0 Å². The Morgan fingerprint density at radius 3 is 2.48 bits per heavy atom. The summed E-state index contributed by atoms with van der Waals surface area (Å²) in [6.45, 7) is 6.46. The molecular formula is C18H26N2O2S. The number of nitrogens with one attached hydrogen (secondary N) is 1. The predicted molar refractivity (Wildman–Crippen MR) is 91.5 cm³/mol. The van der Waals surface area contributed by atoms with Crippen molar-refractivity contribution < 1.29 is 9.90 Å². The number of carbonyl (C=O) groups excluding carboxylic acids is 1. The lowest BCUT2D eigenvalue weighted by molar-refractivity contribution is -0.174. The van der Waals surface area contributed by atoms with Crippen LogP contribution in [0.5, 0.6) is 0 Å². The van der Waals surface area contributed by atoms with Crippen molar-refractivity contribution in [2.45, 2.75) is 70.3 Å². The van der Waals surface area contributed by atoms with Gasteiger partial charge >= 0.3 is 0 Å².